The lowest BCUT2D eigenvalue weighted by Gasteiger charge is -2.21. The molecule has 0 saturated heterocycles. The fourth-order valence-electron chi connectivity index (χ4n) is 2.13. The lowest BCUT2D eigenvalue weighted by Crippen LogP contribution is -2.36. The van der Waals surface area contributed by atoms with Gasteiger partial charge in [-0.25, -0.2) is 0 Å². The number of carbonyl (C=O) groups excluding carboxylic acids is 2. The second kappa shape index (κ2) is 8.04. The summed E-state index contributed by atoms with van der Waals surface area (Å²) in [7, 11) is 1.51. The average molecular weight is 367 g/mol. The molecule has 0 radical (unpaired) electrons. The molecule has 126 valence electrons. The van der Waals surface area contributed by atoms with Crippen LogP contribution in [0.4, 0.5) is 11.4 Å². The van der Waals surface area contributed by atoms with Crippen molar-refractivity contribution < 1.29 is 14.3 Å². The molecule has 0 unspecified atom stereocenters. The number of para-hydroxylation sites is 1. The second-order valence-corrected chi connectivity index (χ2v) is 5.77. The second-order valence-electron chi connectivity index (χ2n) is 4.95. The molecule has 5 nitrogen and oxygen atoms in total. The smallest absolute Gasteiger partial charge is 0.244 e. The Balaban J connectivity index is 2.13. The quantitative estimate of drug-likeness (QED) is 0.869. The van der Waals surface area contributed by atoms with Gasteiger partial charge in [-0.1, -0.05) is 35.3 Å². The fraction of sp³-hybridized carbons (Fsp3) is 0.176. The number of nitrogens with one attached hydrogen (secondary N) is 1. The molecule has 24 heavy (non-hydrogen) atoms. The Hall–Kier alpha value is -2.24. The molecule has 1 N–H and O–H groups in total. The van der Waals surface area contributed by atoms with E-state index < -0.39 is 0 Å². The van der Waals surface area contributed by atoms with Crippen molar-refractivity contribution in [1.29, 1.82) is 0 Å². The van der Waals surface area contributed by atoms with Gasteiger partial charge < -0.3 is 15.0 Å². The Kier molecular flexibility index (Phi) is 6.06. The van der Waals surface area contributed by atoms with Gasteiger partial charge in [0, 0.05) is 12.6 Å². The number of hydrogen-bond acceptors (Lipinski definition) is 3. The van der Waals surface area contributed by atoms with Gasteiger partial charge in [-0.3, -0.25) is 9.59 Å². The third kappa shape index (κ3) is 4.40. The number of benzene rings is 2. The minimum Gasteiger partial charge on any atom is -0.495 e. The number of halogens is 2. The van der Waals surface area contributed by atoms with Gasteiger partial charge in [0.25, 0.3) is 0 Å². The van der Waals surface area contributed by atoms with Crippen LogP contribution in [0.15, 0.2) is 42.5 Å². The summed E-state index contributed by atoms with van der Waals surface area (Å²) in [6.45, 7) is 1.21. The van der Waals surface area contributed by atoms with Crippen LogP contribution in [0.25, 0.3) is 0 Å². The third-order valence-electron chi connectivity index (χ3n) is 3.26. The van der Waals surface area contributed by atoms with Crippen LogP contribution >= 0.6 is 23.2 Å². The molecule has 0 heterocycles. The lowest BCUT2D eigenvalue weighted by molar-refractivity contribution is -0.120. The summed E-state index contributed by atoms with van der Waals surface area (Å²) >= 11 is 12.1. The van der Waals surface area contributed by atoms with E-state index >= 15 is 0 Å². The van der Waals surface area contributed by atoms with Crippen molar-refractivity contribution in [3.63, 3.8) is 0 Å². The van der Waals surface area contributed by atoms with E-state index in [1.807, 2.05) is 0 Å². The van der Waals surface area contributed by atoms with Crippen LogP contribution in [0.2, 0.25) is 10.0 Å². The molecule has 2 aromatic rings. The fourth-order valence-corrected chi connectivity index (χ4v) is 2.62. The van der Waals surface area contributed by atoms with Crippen molar-refractivity contribution in [3.05, 3.63) is 52.5 Å². The maximum Gasteiger partial charge on any atom is 0.244 e. The molecule has 0 bridgehead atoms. The van der Waals surface area contributed by atoms with Crippen LogP contribution in [0.5, 0.6) is 5.75 Å². The van der Waals surface area contributed by atoms with Crippen molar-refractivity contribution in [2.24, 2.45) is 0 Å². The Labute approximate surface area is 150 Å². The van der Waals surface area contributed by atoms with E-state index in [9.17, 15) is 9.59 Å². The predicted octanol–water partition coefficient (Wildman–Crippen LogP) is 3.99. The summed E-state index contributed by atoms with van der Waals surface area (Å²) in [6.07, 6.45) is 0. The highest BCUT2D eigenvalue weighted by Gasteiger charge is 2.18. The molecule has 2 aromatic carbocycles. The molecule has 2 rings (SSSR count). The number of rotatable bonds is 5. The first-order valence-corrected chi connectivity index (χ1v) is 7.84. The summed E-state index contributed by atoms with van der Waals surface area (Å²) < 4.78 is 5.06. The van der Waals surface area contributed by atoms with Crippen molar-refractivity contribution in [1.82, 2.24) is 0 Å². The van der Waals surface area contributed by atoms with E-state index in [4.69, 9.17) is 27.9 Å². The SMILES string of the molecule is COc1ccc(NC(=O)CN(C(C)=O)c2ccccc2Cl)cc1Cl. The molecule has 0 saturated carbocycles. The van der Waals surface area contributed by atoms with E-state index in [1.165, 1.54) is 18.9 Å². The maximum atomic E-state index is 12.3. The van der Waals surface area contributed by atoms with E-state index in [1.54, 1.807) is 42.5 Å². The first-order valence-electron chi connectivity index (χ1n) is 7.08. The lowest BCUT2D eigenvalue weighted by atomic mass is 10.2. The number of anilines is 2. The summed E-state index contributed by atoms with van der Waals surface area (Å²) in [5.41, 5.74) is 0.989. The predicted molar refractivity (Wildman–Crippen MR) is 96.1 cm³/mol. The van der Waals surface area contributed by atoms with Gasteiger partial charge in [0.15, 0.2) is 0 Å². The third-order valence-corrected chi connectivity index (χ3v) is 3.88. The number of ether oxygens (including phenoxy) is 1. The summed E-state index contributed by atoms with van der Waals surface area (Å²) in [5.74, 6) is -0.145. The van der Waals surface area contributed by atoms with Crippen LogP contribution in [0, 0.1) is 0 Å². The van der Waals surface area contributed by atoms with Crippen molar-refractivity contribution in [3.8, 4) is 5.75 Å². The first kappa shape index (κ1) is 18.1. The maximum absolute atomic E-state index is 12.3. The van der Waals surface area contributed by atoms with Crippen LogP contribution < -0.4 is 15.0 Å². The Morgan fingerprint density at radius 1 is 1.12 bits per heavy atom. The monoisotopic (exact) mass is 366 g/mol. The van der Waals surface area contributed by atoms with Crippen LogP contribution in [-0.4, -0.2) is 25.5 Å². The zero-order chi connectivity index (χ0) is 17.7. The number of nitrogens with zero attached hydrogens (tertiary/aromatic N) is 1. The summed E-state index contributed by atoms with van der Waals surface area (Å²) in [5, 5.41) is 3.47. The van der Waals surface area contributed by atoms with Crippen molar-refractivity contribution in [2.45, 2.75) is 6.92 Å². The molecule has 0 fully saturated rings. The molecule has 7 heteroatoms. The van der Waals surface area contributed by atoms with E-state index in [2.05, 4.69) is 5.32 Å². The van der Waals surface area contributed by atoms with Crippen molar-refractivity contribution >= 4 is 46.4 Å². The number of hydrogen-bond donors (Lipinski definition) is 1. The van der Waals surface area contributed by atoms with Crippen LogP contribution in [-0.2, 0) is 9.59 Å². The Morgan fingerprint density at radius 2 is 1.83 bits per heavy atom. The zero-order valence-corrected chi connectivity index (χ0v) is 14.7. The van der Waals surface area contributed by atoms with E-state index in [-0.39, 0.29) is 18.4 Å². The highest BCUT2D eigenvalue weighted by atomic mass is 35.5. The number of amides is 2. The highest BCUT2D eigenvalue weighted by molar-refractivity contribution is 6.34. The molecule has 0 aromatic heterocycles. The van der Waals surface area contributed by atoms with Gasteiger partial charge in [0.1, 0.15) is 12.3 Å². The van der Waals surface area contributed by atoms with Crippen LogP contribution in [0.3, 0.4) is 0 Å². The largest absolute Gasteiger partial charge is 0.495 e. The molecular weight excluding hydrogens is 351 g/mol. The van der Waals surface area contributed by atoms with Gasteiger partial charge in [-0.05, 0) is 30.3 Å². The standard InChI is InChI=1S/C17H16Cl2N2O3/c1-11(22)21(15-6-4-3-5-13(15)18)10-17(23)20-12-7-8-16(24-2)14(19)9-12/h3-9H,10H2,1-2H3,(H,20,23). The molecule has 0 atom stereocenters. The normalized spacial score (nSPS) is 10.2. The molecule has 0 aliphatic heterocycles. The van der Waals surface area contributed by atoms with Gasteiger partial charge >= 0.3 is 0 Å². The zero-order valence-electron chi connectivity index (χ0n) is 13.2. The molecular formula is C17H16Cl2N2O3. The average Bonchev–Trinajstić information content (AvgIpc) is 2.53. The summed E-state index contributed by atoms with van der Waals surface area (Å²) in [4.78, 5) is 25.4. The van der Waals surface area contributed by atoms with E-state index in [0.717, 1.165) is 0 Å². The molecule has 2 amide bonds. The number of carbonyl (C=O) groups is 2. The number of methoxy groups -OCH3 is 1. The van der Waals surface area contributed by atoms with Gasteiger partial charge in [-0.2, -0.15) is 0 Å². The van der Waals surface area contributed by atoms with E-state index in [0.29, 0.717) is 27.2 Å². The Morgan fingerprint density at radius 3 is 2.42 bits per heavy atom. The first-order chi connectivity index (χ1) is 11.4. The van der Waals surface area contributed by atoms with Crippen molar-refractivity contribution in [2.75, 3.05) is 23.9 Å². The molecule has 0 aliphatic rings. The van der Waals surface area contributed by atoms with Crippen LogP contribution in [0.1, 0.15) is 6.92 Å². The van der Waals surface area contributed by atoms with Gasteiger partial charge in [0.2, 0.25) is 11.8 Å². The minimum atomic E-state index is -0.369. The topological polar surface area (TPSA) is 58.6 Å². The molecule has 0 aliphatic carbocycles. The van der Waals surface area contributed by atoms with Gasteiger partial charge in [-0.15, -0.1) is 0 Å². The summed E-state index contributed by atoms with van der Waals surface area (Å²) in [6, 6.07) is 11.7. The molecule has 0 spiro atoms. The highest BCUT2D eigenvalue weighted by Crippen LogP contribution is 2.28. The minimum absolute atomic E-state index is 0.164. The van der Waals surface area contributed by atoms with Gasteiger partial charge in [0.05, 0.1) is 22.8 Å². The Bertz CT molecular complexity index is 765.